The first-order valence-electron chi connectivity index (χ1n) is 12.2. The number of oxazole rings is 1. The Morgan fingerprint density at radius 3 is 2.14 bits per heavy atom. The fraction of sp³-hybridized carbons (Fsp3) is 0. The van der Waals surface area contributed by atoms with Gasteiger partial charge >= 0.3 is 0 Å². The molecular weight excluding hydrogens is 520 g/mol. The number of fused-ring (bicyclic) bond motifs is 3. The summed E-state index contributed by atoms with van der Waals surface area (Å²) in [6.07, 6.45) is 1.74. The van der Waals surface area contributed by atoms with Crippen LogP contribution in [-0.4, -0.2) is 9.55 Å². The first-order chi connectivity index (χ1) is 18.3. The van der Waals surface area contributed by atoms with Gasteiger partial charge in [-0.25, -0.2) is 4.98 Å². The third kappa shape index (κ3) is 3.78. The van der Waals surface area contributed by atoms with Crippen LogP contribution in [0.3, 0.4) is 0 Å². The van der Waals surface area contributed by atoms with Crippen LogP contribution in [0.15, 0.2) is 136 Å². The second-order valence-corrected chi connectivity index (χ2v) is 9.88. The summed E-state index contributed by atoms with van der Waals surface area (Å²) in [6, 6.07) is 42.0. The minimum Gasteiger partial charge on any atom is -0.444 e. The molecule has 0 radical (unpaired) electrons. The lowest BCUT2D eigenvalue weighted by Gasteiger charge is -2.09. The molecule has 0 saturated heterocycles. The van der Waals surface area contributed by atoms with Gasteiger partial charge in [0.25, 0.3) is 0 Å². The topological polar surface area (TPSA) is 31.0 Å². The Labute approximate surface area is 222 Å². The number of halogens is 1. The van der Waals surface area contributed by atoms with Gasteiger partial charge in [-0.05, 0) is 63.5 Å². The quantitative estimate of drug-likeness (QED) is 0.222. The third-order valence-corrected chi connectivity index (χ3v) is 7.36. The highest BCUT2D eigenvalue weighted by Gasteiger charge is 2.18. The van der Waals surface area contributed by atoms with E-state index in [-0.39, 0.29) is 0 Å². The van der Waals surface area contributed by atoms with Crippen molar-refractivity contribution in [3.63, 3.8) is 0 Å². The summed E-state index contributed by atoms with van der Waals surface area (Å²) >= 11 is 3.87. The number of rotatable bonds is 4. The molecule has 37 heavy (non-hydrogen) atoms. The molecule has 0 spiro atoms. The summed E-state index contributed by atoms with van der Waals surface area (Å²) in [5.74, 6) is 0.597. The van der Waals surface area contributed by atoms with Crippen molar-refractivity contribution >= 4 is 37.7 Å². The number of benzene rings is 5. The maximum atomic E-state index is 6.02. The number of para-hydroxylation sites is 2. The van der Waals surface area contributed by atoms with E-state index in [9.17, 15) is 0 Å². The zero-order valence-electron chi connectivity index (χ0n) is 19.8. The molecule has 7 rings (SSSR count). The van der Waals surface area contributed by atoms with Gasteiger partial charge < -0.3 is 8.98 Å². The monoisotopic (exact) mass is 540 g/mol. The molecule has 0 amide bonds. The molecule has 0 atom stereocenters. The predicted octanol–water partition coefficient (Wildman–Crippen LogP) is 9.54. The second kappa shape index (κ2) is 8.91. The molecule has 2 aromatic heterocycles. The van der Waals surface area contributed by atoms with E-state index in [0.29, 0.717) is 5.89 Å². The van der Waals surface area contributed by atoms with Crippen molar-refractivity contribution < 1.29 is 4.42 Å². The number of hydrogen-bond donors (Lipinski definition) is 0. The smallest absolute Gasteiger partial charge is 0.226 e. The summed E-state index contributed by atoms with van der Waals surface area (Å²) in [5.41, 5.74) is 8.51. The molecule has 176 valence electrons. The van der Waals surface area contributed by atoms with Gasteiger partial charge in [-0.3, -0.25) is 0 Å². The molecule has 0 saturated carbocycles. The molecule has 7 aromatic rings. The predicted molar refractivity (Wildman–Crippen MR) is 155 cm³/mol. The van der Waals surface area contributed by atoms with Crippen molar-refractivity contribution in [1.29, 1.82) is 0 Å². The van der Waals surface area contributed by atoms with E-state index < -0.39 is 0 Å². The molecule has 0 aliphatic carbocycles. The Morgan fingerprint density at radius 1 is 0.595 bits per heavy atom. The number of aromatic nitrogens is 2. The molecule has 0 N–H and O–H groups in total. The van der Waals surface area contributed by atoms with E-state index in [4.69, 9.17) is 9.40 Å². The van der Waals surface area contributed by atoms with Gasteiger partial charge in [0.05, 0.1) is 11.0 Å². The van der Waals surface area contributed by atoms with Crippen molar-refractivity contribution in [1.82, 2.24) is 9.55 Å². The van der Waals surface area contributed by atoms with E-state index in [0.717, 1.165) is 49.0 Å². The van der Waals surface area contributed by atoms with Gasteiger partial charge in [0, 0.05) is 32.1 Å². The lowest BCUT2D eigenvalue weighted by molar-refractivity contribution is 0.575. The largest absolute Gasteiger partial charge is 0.444 e. The number of nitrogens with zero attached hydrogens (tertiary/aromatic N) is 2. The zero-order valence-corrected chi connectivity index (χ0v) is 21.4. The van der Waals surface area contributed by atoms with Crippen LogP contribution in [-0.2, 0) is 0 Å². The lowest BCUT2D eigenvalue weighted by atomic mass is 10.0. The molecule has 3 nitrogen and oxygen atoms in total. The minimum atomic E-state index is 0.597. The Bertz CT molecular complexity index is 1880. The van der Waals surface area contributed by atoms with Gasteiger partial charge in [-0.2, -0.15) is 0 Å². The van der Waals surface area contributed by atoms with E-state index in [2.05, 4.69) is 130 Å². The molecular formula is C33H21BrN2O. The van der Waals surface area contributed by atoms with Crippen LogP contribution in [0, 0.1) is 0 Å². The fourth-order valence-electron chi connectivity index (χ4n) is 5.04. The average molecular weight is 541 g/mol. The van der Waals surface area contributed by atoms with E-state index >= 15 is 0 Å². The molecule has 2 heterocycles. The van der Waals surface area contributed by atoms with Crippen molar-refractivity contribution in [2.45, 2.75) is 0 Å². The highest BCUT2D eigenvalue weighted by atomic mass is 79.9. The molecule has 0 unspecified atom stereocenters. The van der Waals surface area contributed by atoms with Crippen LogP contribution in [0.1, 0.15) is 0 Å². The molecule has 0 aliphatic rings. The molecule has 0 fully saturated rings. The van der Waals surface area contributed by atoms with Crippen LogP contribution in [0.4, 0.5) is 0 Å². The summed E-state index contributed by atoms with van der Waals surface area (Å²) in [6.45, 7) is 0. The number of hydrogen-bond acceptors (Lipinski definition) is 2. The van der Waals surface area contributed by atoms with Crippen molar-refractivity contribution in [2.75, 3.05) is 0 Å². The van der Waals surface area contributed by atoms with Crippen molar-refractivity contribution in [3.05, 3.63) is 132 Å². The Balaban J connectivity index is 1.35. The van der Waals surface area contributed by atoms with Crippen LogP contribution < -0.4 is 0 Å². The van der Waals surface area contributed by atoms with E-state index in [1.807, 2.05) is 12.1 Å². The lowest BCUT2D eigenvalue weighted by Crippen LogP contribution is -1.94. The molecule has 0 aliphatic heterocycles. The van der Waals surface area contributed by atoms with Crippen molar-refractivity contribution in [2.24, 2.45) is 0 Å². The molecule has 5 aromatic carbocycles. The first kappa shape index (κ1) is 21.8. The summed E-state index contributed by atoms with van der Waals surface area (Å²) < 4.78 is 9.31. The van der Waals surface area contributed by atoms with E-state index in [1.54, 1.807) is 6.26 Å². The summed E-state index contributed by atoms with van der Waals surface area (Å²) in [4.78, 5) is 4.88. The SMILES string of the molecule is Brc1cc(-c2nc(-c3cccc(-c4ccccc4)c3)co2)cc2c3ccccc3n(-c3ccccc3)c12. The van der Waals surface area contributed by atoms with Gasteiger partial charge in [-0.1, -0.05) is 84.9 Å². The average Bonchev–Trinajstić information content (AvgIpc) is 3.58. The van der Waals surface area contributed by atoms with Crippen LogP contribution in [0.2, 0.25) is 0 Å². The van der Waals surface area contributed by atoms with Crippen LogP contribution in [0.25, 0.3) is 61.3 Å². The fourth-order valence-corrected chi connectivity index (χ4v) is 5.68. The summed E-state index contributed by atoms with van der Waals surface area (Å²) in [7, 11) is 0. The second-order valence-electron chi connectivity index (χ2n) is 9.03. The summed E-state index contributed by atoms with van der Waals surface area (Å²) in [5, 5.41) is 2.33. The van der Waals surface area contributed by atoms with Gasteiger partial charge in [0.15, 0.2) is 0 Å². The first-order valence-corrected chi connectivity index (χ1v) is 13.0. The zero-order chi connectivity index (χ0) is 24.8. The molecule has 4 heteroatoms. The maximum Gasteiger partial charge on any atom is 0.226 e. The van der Waals surface area contributed by atoms with Crippen molar-refractivity contribution in [3.8, 4) is 39.5 Å². The standard InChI is InChI=1S/C33H21BrN2O/c34-29-20-25(19-28-27-16-7-8-17-31(27)36(32(28)29)26-14-5-2-6-15-26)33-35-30(21-37-33)24-13-9-12-23(18-24)22-10-3-1-4-11-22/h1-21H. The highest BCUT2D eigenvalue weighted by molar-refractivity contribution is 9.10. The van der Waals surface area contributed by atoms with E-state index in [1.165, 1.54) is 10.9 Å². The van der Waals surface area contributed by atoms with Crippen LogP contribution >= 0.6 is 15.9 Å². The van der Waals surface area contributed by atoms with Gasteiger partial charge in [0.2, 0.25) is 5.89 Å². The molecule has 0 bridgehead atoms. The minimum absolute atomic E-state index is 0.597. The highest BCUT2D eigenvalue weighted by Crippen LogP contribution is 2.39. The normalized spacial score (nSPS) is 11.4. The van der Waals surface area contributed by atoms with Gasteiger partial charge in [0.1, 0.15) is 12.0 Å². The van der Waals surface area contributed by atoms with Gasteiger partial charge in [-0.15, -0.1) is 0 Å². The maximum absolute atomic E-state index is 6.02. The Morgan fingerprint density at radius 2 is 1.30 bits per heavy atom. The van der Waals surface area contributed by atoms with Crippen LogP contribution in [0.5, 0.6) is 0 Å². The third-order valence-electron chi connectivity index (χ3n) is 6.75. The Hall–Kier alpha value is -4.41. The Kier molecular flexibility index (Phi) is 5.26.